The van der Waals surface area contributed by atoms with Crippen molar-refractivity contribution in [3.8, 4) is 0 Å². The zero-order valence-corrected chi connectivity index (χ0v) is 16.3. The average Bonchev–Trinajstić information content (AvgIpc) is 3.15. The molecule has 0 aliphatic carbocycles. The molecule has 26 heavy (non-hydrogen) atoms. The molecule has 3 rings (SSSR count). The number of hydrogen-bond acceptors (Lipinski definition) is 5. The van der Waals surface area contributed by atoms with Gasteiger partial charge in [0.15, 0.2) is 5.96 Å². The summed E-state index contributed by atoms with van der Waals surface area (Å²) < 4.78 is 18.1. The van der Waals surface area contributed by atoms with Crippen LogP contribution in [0.3, 0.4) is 0 Å². The number of rotatable bonds is 4. The summed E-state index contributed by atoms with van der Waals surface area (Å²) in [6, 6.07) is 5.33. The van der Waals surface area contributed by atoms with Gasteiger partial charge in [0.05, 0.1) is 0 Å². The van der Waals surface area contributed by atoms with Crippen molar-refractivity contribution in [3.63, 3.8) is 0 Å². The Morgan fingerprint density at radius 1 is 1.31 bits per heavy atom. The van der Waals surface area contributed by atoms with E-state index in [4.69, 9.17) is 0 Å². The fraction of sp³-hybridized carbons (Fsp3) is 0.500. The van der Waals surface area contributed by atoms with Crippen LogP contribution in [0.25, 0.3) is 0 Å². The van der Waals surface area contributed by atoms with Crippen LogP contribution in [0.4, 0.5) is 9.52 Å². The zero-order valence-electron chi connectivity index (χ0n) is 15.5. The van der Waals surface area contributed by atoms with Crippen LogP contribution in [0.1, 0.15) is 23.9 Å². The van der Waals surface area contributed by atoms with Gasteiger partial charge in [-0.3, -0.25) is 4.99 Å². The van der Waals surface area contributed by atoms with Crippen LogP contribution in [-0.2, 0) is 13.0 Å². The minimum Gasteiger partial charge on any atom is -0.352 e. The lowest BCUT2D eigenvalue weighted by Crippen LogP contribution is -2.52. The Kier molecular flexibility index (Phi) is 6.03. The summed E-state index contributed by atoms with van der Waals surface area (Å²) in [6.07, 6.45) is 0.868. The zero-order chi connectivity index (χ0) is 18.5. The highest BCUT2D eigenvalue weighted by Crippen LogP contribution is 2.19. The van der Waals surface area contributed by atoms with Crippen molar-refractivity contribution in [2.75, 3.05) is 38.1 Å². The number of benzene rings is 1. The van der Waals surface area contributed by atoms with Crippen molar-refractivity contribution in [3.05, 3.63) is 41.0 Å². The van der Waals surface area contributed by atoms with Crippen LogP contribution in [0.5, 0.6) is 0 Å². The van der Waals surface area contributed by atoms with Crippen molar-refractivity contribution >= 4 is 22.6 Å². The first-order valence-corrected chi connectivity index (χ1v) is 9.66. The summed E-state index contributed by atoms with van der Waals surface area (Å²) in [4.78, 5) is 13.4. The van der Waals surface area contributed by atoms with Crippen molar-refractivity contribution in [2.24, 2.45) is 4.99 Å². The second-order valence-electron chi connectivity index (χ2n) is 6.31. The molecule has 0 amide bonds. The molecule has 2 aromatic rings. The lowest BCUT2D eigenvalue weighted by molar-refractivity contribution is 0.372. The summed E-state index contributed by atoms with van der Waals surface area (Å²) in [5, 5.41) is 4.33. The highest BCUT2D eigenvalue weighted by atomic mass is 32.1. The Balaban J connectivity index is 1.54. The van der Waals surface area contributed by atoms with Gasteiger partial charge in [-0.15, -0.1) is 0 Å². The largest absolute Gasteiger partial charge is 0.352 e. The molecule has 0 atom stereocenters. The molecule has 0 radical (unpaired) electrons. The van der Waals surface area contributed by atoms with Crippen LogP contribution in [0, 0.1) is 12.7 Å². The average molecular weight is 377 g/mol. The van der Waals surface area contributed by atoms with Crippen LogP contribution in [0.15, 0.2) is 23.2 Å². The molecule has 0 saturated carbocycles. The van der Waals surface area contributed by atoms with Gasteiger partial charge in [-0.1, -0.05) is 19.1 Å². The van der Waals surface area contributed by atoms with E-state index in [0.29, 0.717) is 12.1 Å². The number of nitrogens with one attached hydrogen (secondary N) is 1. The number of nitrogens with zero attached hydrogens (tertiary/aromatic N) is 5. The molecule has 1 fully saturated rings. The molecule has 0 bridgehead atoms. The van der Waals surface area contributed by atoms with Gasteiger partial charge in [0, 0.05) is 57.7 Å². The van der Waals surface area contributed by atoms with Crippen molar-refractivity contribution in [1.29, 1.82) is 0 Å². The summed E-state index contributed by atoms with van der Waals surface area (Å²) >= 11 is 1.47. The van der Waals surface area contributed by atoms with Gasteiger partial charge in [0.1, 0.15) is 11.6 Å². The Morgan fingerprint density at radius 2 is 2.08 bits per heavy atom. The van der Waals surface area contributed by atoms with E-state index in [1.165, 1.54) is 11.5 Å². The Labute approximate surface area is 157 Å². The third-order valence-electron chi connectivity index (χ3n) is 4.52. The predicted molar refractivity (Wildman–Crippen MR) is 104 cm³/mol. The van der Waals surface area contributed by atoms with Gasteiger partial charge in [0.2, 0.25) is 5.13 Å². The van der Waals surface area contributed by atoms with Crippen molar-refractivity contribution < 1.29 is 4.39 Å². The van der Waals surface area contributed by atoms with Gasteiger partial charge < -0.3 is 15.1 Å². The first-order valence-electron chi connectivity index (χ1n) is 8.89. The Morgan fingerprint density at radius 3 is 2.69 bits per heavy atom. The Hall–Kier alpha value is -2.22. The topological polar surface area (TPSA) is 56.7 Å². The lowest BCUT2D eigenvalue weighted by atomic mass is 10.1. The maximum atomic E-state index is 13.7. The van der Waals surface area contributed by atoms with Gasteiger partial charge in [-0.2, -0.15) is 4.37 Å². The highest BCUT2D eigenvalue weighted by Gasteiger charge is 2.22. The normalized spacial score (nSPS) is 15.5. The number of hydrogen-bond donors (Lipinski definition) is 1. The fourth-order valence-electron chi connectivity index (χ4n) is 2.89. The first-order chi connectivity index (χ1) is 12.6. The van der Waals surface area contributed by atoms with Gasteiger partial charge in [-0.25, -0.2) is 9.37 Å². The summed E-state index contributed by atoms with van der Waals surface area (Å²) in [7, 11) is 1.78. The molecule has 6 nitrogen and oxygen atoms in total. The molecule has 0 unspecified atom stereocenters. The molecule has 1 aliphatic heterocycles. The van der Waals surface area contributed by atoms with E-state index in [0.717, 1.165) is 55.1 Å². The van der Waals surface area contributed by atoms with E-state index in [9.17, 15) is 4.39 Å². The molecule has 8 heteroatoms. The molecule has 1 saturated heterocycles. The van der Waals surface area contributed by atoms with Gasteiger partial charge in [-0.05, 0) is 24.1 Å². The molecule has 1 aliphatic rings. The number of aryl methyl sites for hydroxylation is 2. The second kappa shape index (κ2) is 8.44. The Bertz CT molecular complexity index is 767. The number of aromatic nitrogens is 2. The SMILES string of the molecule is CCc1nsc(N2CCN(C(=NC)NCc3ccc(C)c(F)c3)CC2)n1. The fourth-order valence-corrected chi connectivity index (χ4v) is 3.69. The summed E-state index contributed by atoms with van der Waals surface area (Å²) in [6.45, 7) is 7.90. The molecular weight excluding hydrogens is 351 g/mol. The van der Waals surface area contributed by atoms with Crippen LogP contribution in [0.2, 0.25) is 0 Å². The van der Waals surface area contributed by atoms with E-state index >= 15 is 0 Å². The van der Waals surface area contributed by atoms with E-state index in [1.807, 2.05) is 6.07 Å². The standard InChI is InChI=1S/C18H25FN6S/c1-4-16-22-18(26-23-16)25-9-7-24(8-10-25)17(20-3)21-12-14-6-5-13(2)15(19)11-14/h5-6,11H,4,7-10,12H2,1-3H3,(H,20,21). The second-order valence-corrected chi connectivity index (χ2v) is 7.04. The summed E-state index contributed by atoms with van der Waals surface area (Å²) in [5.41, 5.74) is 1.58. The van der Waals surface area contributed by atoms with E-state index < -0.39 is 0 Å². The quantitative estimate of drug-likeness (QED) is 0.656. The van der Waals surface area contributed by atoms with E-state index in [-0.39, 0.29) is 5.82 Å². The molecular formula is C18H25FN6S. The number of aliphatic imine (C=N–C) groups is 1. The molecule has 1 aromatic heterocycles. The molecule has 2 heterocycles. The number of halogens is 1. The number of anilines is 1. The van der Waals surface area contributed by atoms with E-state index in [1.54, 1.807) is 26.1 Å². The van der Waals surface area contributed by atoms with Gasteiger partial charge >= 0.3 is 0 Å². The smallest absolute Gasteiger partial charge is 0.205 e. The molecule has 1 N–H and O–H groups in total. The van der Waals surface area contributed by atoms with Crippen LogP contribution < -0.4 is 10.2 Å². The molecule has 1 aromatic carbocycles. The predicted octanol–water partition coefficient (Wildman–Crippen LogP) is 2.45. The minimum atomic E-state index is -0.170. The van der Waals surface area contributed by atoms with Gasteiger partial charge in [0.25, 0.3) is 0 Å². The third kappa shape index (κ3) is 4.30. The van der Waals surface area contributed by atoms with Crippen LogP contribution >= 0.6 is 11.5 Å². The van der Waals surface area contributed by atoms with E-state index in [2.05, 4.69) is 36.4 Å². The number of guanidine groups is 1. The maximum Gasteiger partial charge on any atom is 0.205 e. The monoisotopic (exact) mass is 376 g/mol. The summed E-state index contributed by atoms with van der Waals surface area (Å²) in [5.74, 6) is 1.59. The third-order valence-corrected chi connectivity index (χ3v) is 5.34. The lowest BCUT2D eigenvalue weighted by Gasteiger charge is -2.36. The highest BCUT2D eigenvalue weighted by molar-refractivity contribution is 7.09. The minimum absolute atomic E-state index is 0.170. The van der Waals surface area contributed by atoms with Crippen LogP contribution in [-0.4, -0.2) is 53.4 Å². The number of piperazine rings is 1. The maximum absolute atomic E-state index is 13.7. The van der Waals surface area contributed by atoms with Crippen molar-refractivity contribution in [2.45, 2.75) is 26.8 Å². The van der Waals surface area contributed by atoms with Crippen molar-refractivity contribution in [1.82, 2.24) is 19.6 Å². The first kappa shape index (κ1) is 18.6. The molecule has 140 valence electrons. The molecule has 0 spiro atoms.